The summed E-state index contributed by atoms with van der Waals surface area (Å²) in [5.74, 6) is -1.81. The Morgan fingerprint density at radius 3 is 2.42 bits per heavy atom. The molecule has 0 radical (unpaired) electrons. The fourth-order valence-corrected chi connectivity index (χ4v) is 4.86. The Kier molecular flexibility index (Phi) is 4.96. The van der Waals surface area contributed by atoms with Gasteiger partial charge in [0, 0.05) is 29.9 Å². The molecule has 1 saturated heterocycles. The minimum atomic E-state index is -1.39. The first-order valence-electron chi connectivity index (χ1n) is 8.67. The molecule has 1 heterocycles. The Labute approximate surface area is 155 Å². The Bertz CT molecular complexity index is 715. The molecule has 1 fully saturated rings. The fourth-order valence-electron chi connectivity index (χ4n) is 3.92. The van der Waals surface area contributed by atoms with Crippen LogP contribution in [0, 0.1) is 17.0 Å². The third-order valence-electron chi connectivity index (χ3n) is 5.46. The average molecular weight is 386 g/mol. The molecule has 0 unspecified atom stereocenters. The third-order valence-corrected chi connectivity index (χ3v) is 7.02. The number of carboxylic acid groups (broad SMARTS) is 1. The lowest BCUT2D eigenvalue weighted by Gasteiger charge is -2.43. The number of likely N-dealkylation sites (tertiary alicyclic amines) is 1. The molecular formula is C18H24F2N2O3S. The van der Waals surface area contributed by atoms with E-state index in [1.807, 2.05) is 20.8 Å². The molecular weight excluding hydrogens is 362 g/mol. The Morgan fingerprint density at radius 2 is 1.88 bits per heavy atom. The number of fused-ring (bicyclic) bond motifs is 1. The van der Waals surface area contributed by atoms with Crippen molar-refractivity contribution in [1.82, 2.24) is 9.62 Å². The number of carbonyl (C=O) groups is 1. The van der Waals surface area contributed by atoms with Crippen LogP contribution in [0.25, 0.3) is 0 Å². The number of halogens is 2. The van der Waals surface area contributed by atoms with Crippen molar-refractivity contribution in [1.29, 1.82) is 0 Å². The maximum absolute atomic E-state index is 13.9. The second-order valence-electron chi connectivity index (χ2n) is 8.21. The van der Waals surface area contributed by atoms with Gasteiger partial charge in [-0.3, -0.25) is 0 Å². The maximum Gasteiger partial charge on any atom is 0.407 e. The van der Waals surface area contributed by atoms with Crippen LogP contribution in [-0.2, 0) is 17.8 Å². The number of piperidine rings is 1. The zero-order valence-electron chi connectivity index (χ0n) is 15.1. The summed E-state index contributed by atoms with van der Waals surface area (Å²) in [6.45, 7) is 6.24. The van der Waals surface area contributed by atoms with Gasteiger partial charge in [-0.1, -0.05) is 0 Å². The normalized spacial score (nSPS) is 23.2. The molecule has 1 aliphatic heterocycles. The van der Waals surface area contributed by atoms with Crippen molar-refractivity contribution < 1.29 is 23.2 Å². The van der Waals surface area contributed by atoms with Gasteiger partial charge in [-0.15, -0.1) is 4.72 Å². The van der Waals surface area contributed by atoms with Crippen molar-refractivity contribution >= 4 is 17.5 Å². The summed E-state index contributed by atoms with van der Waals surface area (Å²) in [7, 11) is 0. The highest BCUT2D eigenvalue weighted by atomic mass is 32.2. The quantitative estimate of drug-likeness (QED) is 0.764. The lowest BCUT2D eigenvalue weighted by molar-refractivity contribution is 0.0764. The van der Waals surface area contributed by atoms with Crippen LogP contribution in [0.4, 0.5) is 13.6 Å². The SMILES string of the molecule is CC(C)(C)[S@@+]([O-])N[C@@H]1c2cc(F)c(F)cc2CC12CCN(C(=O)O)CC2. The summed E-state index contributed by atoms with van der Waals surface area (Å²) < 4.78 is 43.0. The van der Waals surface area contributed by atoms with Gasteiger partial charge in [-0.25, -0.2) is 13.6 Å². The molecule has 8 heteroatoms. The van der Waals surface area contributed by atoms with Crippen LogP contribution in [0.2, 0.25) is 0 Å². The maximum atomic E-state index is 13.9. The summed E-state index contributed by atoms with van der Waals surface area (Å²) in [6.07, 6.45) is 0.661. The van der Waals surface area contributed by atoms with Crippen molar-refractivity contribution in [3.8, 4) is 0 Å². The highest BCUT2D eigenvalue weighted by Crippen LogP contribution is 2.53. The van der Waals surface area contributed by atoms with Crippen LogP contribution in [0.15, 0.2) is 12.1 Å². The number of nitrogens with one attached hydrogen (secondary N) is 1. The second kappa shape index (κ2) is 6.65. The minimum Gasteiger partial charge on any atom is -0.598 e. The number of hydrogen-bond donors (Lipinski definition) is 2. The molecule has 2 aliphatic rings. The van der Waals surface area contributed by atoms with Gasteiger partial charge in [-0.2, -0.15) is 0 Å². The Morgan fingerprint density at radius 1 is 1.31 bits per heavy atom. The van der Waals surface area contributed by atoms with E-state index in [9.17, 15) is 23.2 Å². The zero-order valence-corrected chi connectivity index (χ0v) is 16.0. The van der Waals surface area contributed by atoms with Gasteiger partial charge in [0.2, 0.25) is 0 Å². The molecule has 0 bridgehead atoms. The van der Waals surface area contributed by atoms with Crippen molar-refractivity contribution in [3.63, 3.8) is 0 Å². The standard InChI is InChI=1S/C18H24F2N2O3S/c1-17(2,3)26(25)21-15-12-9-14(20)13(19)8-11(12)10-18(15)4-6-22(7-5-18)16(23)24/h8-9,15,21H,4-7,10H2,1-3H3,(H,23,24)/t15-,26-/m1/s1. The molecule has 0 saturated carbocycles. The van der Waals surface area contributed by atoms with Gasteiger partial charge in [0.1, 0.15) is 4.75 Å². The van der Waals surface area contributed by atoms with Crippen molar-refractivity contribution in [2.24, 2.45) is 5.41 Å². The fraction of sp³-hybridized carbons (Fsp3) is 0.611. The second-order valence-corrected chi connectivity index (χ2v) is 10.2. The van der Waals surface area contributed by atoms with Gasteiger partial charge in [0.05, 0.1) is 6.04 Å². The summed E-state index contributed by atoms with van der Waals surface area (Å²) in [6, 6.07) is 2.02. The number of benzene rings is 1. The molecule has 3 rings (SSSR count). The van der Waals surface area contributed by atoms with E-state index in [4.69, 9.17) is 0 Å². The van der Waals surface area contributed by atoms with Crippen LogP contribution < -0.4 is 4.72 Å². The van der Waals surface area contributed by atoms with Gasteiger partial charge in [0.15, 0.2) is 11.6 Å². The summed E-state index contributed by atoms with van der Waals surface area (Å²) >= 11 is -1.39. The first-order valence-corrected chi connectivity index (χ1v) is 9.82. The molecule has 5 nitrogen and oxygen atoms in total. The third kappa shape index (κ3) is 3.42. The number of amides is 1. The molecule has 1 spiro atoms. The van der Waals surface area contributed by atoms with Crippen molar-refractivity contribution in [3.05, 3.63) is 34.9 Å². The van der Waals surface area contributed by atoms with Gasteiger partial charge >= 0.3 is 6.09 Å². The summed E-state index contributed by atoms with van der Waals surface area (Å²) in [5.41, 5.74) is 0.941. The Hall–Kier alpha value is -1.38. The van der Waals surface area contributed by atoms with E-state index in [1.165, 1.54) is 17.0 Å². The van der Waals surface area contributed by atoms with E-state index in [2.05, 4.69) is 4.72 Å². The molecule has 0 aromatic heterocycles. The van der Waals surface area contributed by atoms with Crippen molar-refractivity contribution in [2.45, 2.75) is 50.8 Å². The lowest BCUT2D eigenvalue weighted by atomic mass is 9.73. The Balaban J connectivity index is 1.95. The van der Waals surface area contributed by atoms with Crippen LogP contribution in [0.1, 0.15) is 50.8 Å². The van der Waals surface area contributed by atoms with E-state index in [1.54, 1.807) is 0 Å². The first-order chi connectivity index (χ1) is 12.0. The first kappa shape index (κ1) is 19.4. The average Bonchev–Trinajstić information content (AvgIpc) is 2.80. The molecule has 1 aromatic carbocycles. The highest BCUT2D eigenvalue weighted by molar-refractivity contribution is 7.90. The van der Waals surface area contributed by atoms with Crippen LogP contribution >= 0.6 is 0 Å². The largest absolute Gasteiger partial charge is 0.598 e. The number of rotatable bonds is 2. The molecule has 2 N–H and O–H groups in total. The van der Waals surface area contributed by atoms with Crippen LogP contribution in [0.3, 0.4) is 0 Å². The highest BCUT2D eigenvalue weighted by Gasteiger charge is 2.51. The van der Waals surface area contributed by atoms with E-state index < -0.39 is 45.3 Å². The summed E-state index contributed by atoms with van der Waals surface area (Å²) in [4.78, 5) is 12.6. The van der Waals surface area contributed by atoms with Gasteiger partial charge in [-0.05, 0) is 63.3 Å². The van der Waals surface area contributed by atoms with Crippen molar-refractivity contribution in [2.75, 3.05) is 13.1 Å². The zero-order chi connectivity index (χ0) is 19.3. The van der Waals surface area contributed by atoms with E-state index in [0.717, 1.165) is 0 Å². The van der Waals surface area contributed by atoms with Crippen LogP contribution in [0.5, 0.6) is 0 Å². The predicted molar refractivity (Wildman–Crippen MR) is 95.1 cm³/mol. The molecule has 1 aliphatic carbocycles. The lowest BCUT2D eigenvalue weighted by Crippen LogP contribution is -2.50. The number of nitrogens with zero attached hydrogens (tertiary/aromatic N) is 1. The molecule has 2 atom stereocenters. The molecule has 1 amide bonds. The smallest absolute Gasteiger partial charge is 0.407 e. The molecule has 144 valence electrons. The van der Waals surface area contributed by atoms with E-state index >= 15 is 0 Å². The molecule has 1 aromatic rings. The predicted octanol–water partition coefficient (Wildman–Crippen LogP) is 3.37. The van der Waals surface area contributed by atoms with E-state index in [-0.39, 0.29) is 0 Å². The minimum absolute atomic E-state index is 0.356. The topological polar surface area (TPSA) is 75.6 Å². The van der Waals surface area contributed by atoms with Gasteiger partial charge in [0.25, 0.3) is 0 Å². The number of hydrogen-bond acceptors (Lipinski definition) is 3. The molecule has 26 heavy (non-hydrogen) atoms. The van der Waals surface area contributed by atoms with E-state index in [0.29, 0.717) is 43.5 Å². The van der Waals surface area contributed by atoms with Gasteiger partial charge < -0.3 is 14.6 Å². The monoisotopic (exact) mass is 386 g/mol. The van der Waals surface area contributed by atoms with Crippen LogP contribution in [-0.4, -0.2) is 38.5 Å². The summed E-state index contributed by atoms with van der Waals surface area (Å²) in [5, 5.41) is 9.20.